The van der Waals surface area contributed by atoms with Crippen molar-refractivity contribution in [3.8, 4) is 17.2 Å². The fraction of sp³-hybridized carbons (Fsp3) is 0.444. The second kappa shape index (κ2) is 8.91. The molecule has 8 nitrogen and oxygen atoms in total. The molecule has 1 spiro atoms. The van der Waals surface area contributed by atoms with Crippen LogP contribution >= 0.6 is 0 Å². The van der Waals surface area contributed by atoms with Crippen molar-refractivity contribution in [1.29, 1.82) is 0 Å². The standard InChI is InChI=1S/C27H30N2O6/c1-17-4-6-24(34-3)21(12-17)29-16-18(13-25(29)31)26(32)28-10-8-27(9-11-28)15-22(30)20-14-19(33-2)5-7-23(20)35-27/h4-7,12,14,18H,8-11,13,15-16H2,1-3H3. The summed E-state index contributed by atoms with van der Waals surface area (Å²) in [5.41, 5.74) is 1.67. The molecule has 8 heteroatoms. The molecule has 3 aliphatic rings. The number of Topliss-reactive ketones (excluding diaryl/α,β-unsaturated/α-hetero) is 1. The van der Waals surface area contributed by atoms with Crippen molar-refractivity contribution in [2.75, 3.05) is 38.8 Å². The smallest absolute Gasteiger partial charge is 0.228 e. The van der Waals surface area contributed by atoms with Crippen molar-refractivity contribution >= 4 is 23.3 Å². The molecular formula is C27H30N2O6. The summed E-state index contributed by atoms with van der Waals surface area (Å²) < 4.78 is 17.0. The van der Waals surface area contributed by atoms with Gasteiger partial charge >= 0.3 is 0 Å². The van der Waals surface area contributed by atoms with E-state index in [0.29, 0.717) is 61.0 Å². The van der Waals surface area contributed by atoms with Gasteiger partial charge in [0.2, 0.25) is 11.8 Å². The van der Waals surface area contributed by atoms with Crippen molar-refractivity contribution in [1.82, 2.24) is 4.90 Å². The van der Waals surface area contributed by atoms with Crippen LogP contribution in [0.15, 0.2) is 36.4 Å². The minimum absolute atomic E-state index is 0.0189. The molecule has 1 atom stereocenters. The minimum Gasteiger partial charge on any atom is -0.497 e. The lowest BCUT2D eigenvalue weighted by molar-refractivity contribution is -0.139. The number of ether oxygens (including phenoxy) is 3. The number of carbonyl (C=O) groups excluding carboxylic acids is 3. The van der Waals surface area contributed by atoms with Crippen LogP contribution < -0.4 is 19.1 Å². The summed E-state index contributed by atoms with van der Waals surface area (Å²) in [6, 6.07) is 11.0. The number of piperidine rings is 1. The maximum Gasteiger partial charge on any atom is 0.228 e. The second-order valence-corrected chi connectivity index (χ2v) is 9.65. The zero-order valence-electron chi connectivity index (χ0n) is 20.3. The fourth-order valence-corrected chi connectivity index (χ4v) is 5.39. The first-order chi connectivity index (χ1) is 16.8. The van der Waals surface area contributed by atoms with E-state index in [4.69, 9.17) is 14.2 Å². The first-order valence-corrected chi connectivity index (χ1v) is 12.0. The van der Waals surface area contributed by atoms with E-state index in [0.717, 1.165) is 5.56 Å². The van der Waals surface area contributed by atoms with E-state index in [9.17, 15) is 14.4 Å². The van der Waals surface area contributed by atoms with Crippen LogP contribution in [0.2, 0.25) is 0 Å². The number of carbonyl (C=O) groups is 3. The molecule has 2 saturated heterocycles. The van der Waals surface area contributed by atoms with Gasteiger partial charge in [-0.3, -0.25) is 14.4 Å². The van der Waals surface area contributed by atoms with Gasteiger partial charge in [-0.05, 0) is 42.8 Å². The molecule has 0 aromatic heterocycles. The fourth-order valence-electron chi connectivity index (χ4n) is 5.39. The van der Waals surface area contributed by atoms with Gasteiger partial charge in [0.05, 0.1) is 37.8 Å². The highest BCUT2D eigenvalue weighted by atomic mass is 16.5. The monoisotopic (exact) mass is 478 g/mol. The molecule has 1 unspecified atom stereocenters. The number of nitrogens with zero attached hydrogens (tertiary/aromatic N) is 2. The number of anilines is 1. The predicted octanol–water partition coefficient (Wildman–Crippen LogP) is 3.39. The molecule has 2 fully saturated rings. The Labute approximate surface area is 204 Å². The van der Waals surface area contributed by atoms with E-state index < -0.39 is 11.5 Å². The lowest BCUT2D eigenvalue weighted by Gasteiger charge is -2.44. The Balaban J connectivity index is 1.25. The highest BCUT2D eigenvalue weighted by molar-refractivity contribution is 6.02. The van der Waals surface area contributed by atoms with Crippen molar-refractivity contribution in [2.45, 2.75) is 38.2 Å². The molecule has 0 radical (unpaired) electrons. The van der Waals surface area contributed by atoms with Gasteiger partial charge in [-0.1, -0.05) is 6.07 Å². The van der Waals surface area contributed by atoms with Gasteiger partial charge in [0.1, 0.15) is 22.8 Å². The van der Waals surface area contributed by atoms with E-state index >= 15 is 0 Å². The van der Waals surface area contributed by atoms with Gasteiger partial charge in [-0.25, -0.2) is 0 Å². The molecule has 2 aromatic carbocycles. The maximum atomic E-state index is 13.3. The summed E-state index contributed by atoms with van der Waals surface area (Å²) in [6.45, 7) is 3.29. The Bertz CT molecular complexity index is 1180. The number of hydrogen-bond donors (Lipinski definition) is 0. The van der Waals surface area contributed by atoms with Crippen LogP contribution in [-0.4, -0.2) is 62.0 Å². The van der Waals surface area contributed by atoms with E-state index in [2.05, 4.69) is 0 Å². The SMILES string of the molecule is COc1ccc2c(c1)C(=O)CC1(CCN(C(=O)C3CC(=O)N(c4cc(C)ccc4OC)C3)CC1)O2. The highest BCUT2D eigenvalue weighted by Crippen LogP contribution is 2.41. The molecule has 2 amide bonds. The number of methoxy groups -OCH3 is 2. The number of ketones is 1. The number of hydrogen-bond acceptors (Lipinski definition) is 6. The Morgan fingerprint density at radius 1 is 1.06 bits per heavy atom. The third-order valence-corrected chi connectivity index (χ3v) is 7.38. The number of fused-ring (bicyclic) bond motifs is 1. The summed E-state index contributed by atoms with van der Waals surface area (Å²) in [4.78, 5) is 42.5. The van der Waals surface area contributed by atoms with Crippen molar-refractivity contribution in [3.05, 3.63) is 47.5 Å². The molecule has 3 aliphatic heterocycles. The molecule has 2 aromatic rings. The van der Waals surface area contributed by atoms with Gasteiger partial charge < -0.3 is 24.0 Å². The Morgan fingerprint density at radius 3 is 2.54 bits per heavy atom. The molecular weight excluding hydrogens is 448 g/mol. The van der Waals surface area contributed by atoms with Crippen molar-refractivity contribution < 1.29 is 28.6 Å². The quantitative estimate of drug-likeness (QED) is 0.670. The average Bonchev–Trinajstić information content (AvgIpc) is 3.25. The first kappa shape index (κ1) is 23.2. The van der Waals surface area contributed by atoms with Crippen LogP contribution in [-0.2, 0) is 9.59 Å². The third kappa shape index (κ3) is 4.22. The lowest BCUT2D eigenvalue weighted by Crippen LogP contribution is -2.53. The number of aryl methyl sites for hydroxylation is 1. The first-order valence-electron chi connectivity index (χ1n) is 12.0. The summed E-state index contributed by atoms with van der Waals surface area (Å²) in [7, 11) is 3.15. The number of likely N-dealkylation sites (tertiary alicyclic amines) is 1. The van der Waals surface area contributed by atoms with Crippen LogP contribution in [0, 0.1) is 12.8 Å². The molecule has 35 heavy (non-hydrogen) atoms. The van der Waals surface area contributed by atoms with E-state index in [1.54, 1.807) is 37.3 Å². The molecule has 0 aliphatic carbocycles. The van der Waals surface area contributed by atoms with Crippen LogP contribution in [0.3, 0.4) is 0 Å². The second-order valence-electron chi connectivity index (χ2n) is 9.65. The molecule has 0 N–H and O–H groups in total. The molecule has 0 bridgehead atoms. The van der Waals surface area contributed by atoms with E-state index in [-0.39, 0.29) is 30.4 Å². The van der Waals surface area contributed by atoms with Crippen LogP contribution in [0.4, 0.5) is 5.69 Å². The summed E-state index contributed by atoms with van der Waals surface area (Å²) in [5, 5.41) is 0. The Hall–Kier alpha value is -3.55. The molecule has 184 valence electrons. The summed E-state index contributed by atoms with van der Waals surface area (Å²) in [5.74, 6) is 1.36. The van der Waals surface area contributed by atoms with Gasteiger partial charge in [0, 0.05) is 38.9 Å². The highest BCUT2D eigenvalue weighted by Gasteiger charge is 2.45. The summed E-state index contributed by atoms with van der Waals surface area (Å²) >= 11 is 0. The lowest BCUT2D eigenvalue weighted by atomic mass is 9.82. The largest absolute Gasteiger partial charge is 0.497 e. The van der Waals surface area contributed by atoms with Gasteiger partial charge in [0.25, 0.3) is 0 Å². The number of amides is 2. The molecule has 0 saturated carbocycles. The van der Waals surface area contributed by atoms with Crippen molar-refractivity contribution in [2.24, 2.45) is 5.92 Å². The third-order valence-electron chi connectivity index (χ3n) is 7.38. The van der Waals surface area contributed by atoms with Crippen LogP contribution in [0.25, 0.3) is 0 Å². The van der Waals surface area contributed by atoms with E-state index in [1.165, 1.54) is 0 Å². The minimum atomic E-state index is -0.595. The van der Waals surface area contributed by atoms with Gasteiger partial charge in [-0.2, -0.15) is 0 Å². The van der Waals surface area contributed by atoms with Crippen LogP contribution in [0.5, 0.6) is 17.2 Å². The Morgan fingerprint density at radius 2 is 1.83 bits per heavy atom. The summed E-state index contributed by atoms with van der Waals surface area (Å²) in [6.07, 6.45) is 1.62. The van der Waals surface area contributed by atoms with Crippen LogP contribution in [0.1, 0.15) is 41.6 Å². The topological polar surface area (TPSA) is 85.4 Å². The Kier molecular flexibility index (Phi) is 5.91. The van der Waals surface area contributed by atoms with Gasteiger partial charge in [-0.15, -0.1) is 0 Å². The predicted molar refractivity (Wildman–Crippen MR) is 129 cm³/mol. The normalized spacial score (nSPS) is 21.1. The van der Waals surface area contributed by atoms with E-state index in [1.807, 2.05) is 30.0 Å². The number of rotatable bonds is 4. The van der Waals surface area contributed by atoms with Crippen molar-refractivity contribution in [3.63, 3.8) is 0 Å². The van der Waals surface area contributed by atoms with Gasteiger partial charge in [0.15, 0.2) is 5.78 Å². The number of benzene rings is 2. The zero-order valence-corrected chi connectivity index (χ0v) is 20.3. The maximum absolute atomic E-state index is 13.3. The molecule has 3 heterocycles. The average molecular weight is 479 g/mol. The molecule has 5 rings (SSSR count). The zero-order chi connectivity index (χ0) is 24.7.